The molecule has 0 saturated heterocycles. The van der Waals surface area contributed by atoms with Crippen molar-refractivity contribution in [2.75, 3.05) is 13.6 Å². The summed E-state index contributed by atoms with van der Waals surface area (Å²) < 4.78 is 0. The molecular weight excluding hydrogens is 170 g/mol. The molecule has 76 valence electrons. The summed E-state index contributed by atoms with van der Waals surface area (Å²) in [6.45, 7) is 2.06. The number of carbonyl (C=O) groups is 2. The maximum atomic E-state index is 10.9. The van der Waals surface area contributed by atoms with Crippen molar-refractivity contribution in [1.82, 2.24) is 10.6 Å². The highest BCUT2D eigenvalue weighted by Crippen LogP contribution is 1.96. The molecule has 1 atom stereocenters. The number of primary amides is 1. The number of rotatable bonds is 6. The molecule has 0 fully saturated rings. The molecule has 0 saturated carbocycles. The second kappa shape index (κ2) is 6.42. The summed E-state index contributed by atoms with van der Waals surface area (Å²) >= 11 is 0. The molecule has 4 N–H and O–H groups in total. The standard InChI is InChI=1S/C8H17N3O2/c1-6(12)7(10-2)4-3-5-11-8(9)13/h7,10H,3-5H2,1-2H3,(H3,9,11,13). The highest BCUT2D eigenvalue weighted by molar-refractivity contribution is 5.81. The predicted octanol–water partition coefficient (Wildman–Crippen LogP) is -0.388. The summed E-state index contributed by atoms with van der Waals surface area (Å²) in [5, 5.41) is 5.36. The van der Waals surface area contributed by atoms with Gasteiger partial charge < -0.3 is 16.4 Å². The Kier molecular flexibility index (Phi) is 5.88. The normalized spacial score (nSPS) is 12.2. The van der Waals surface area contributed by atoms with Gasteiger partial charge in [0.05, 0.1) is 6.04 Å². The Balaban J connectivity index is 3.50. The van der Waals surface area contributed by atoms with Gasteiger partial charge in [-0.15, -0.1) is 0 Å². The maximum absolute atomic E-state index is 10.9. The second-order valence-electron chi connectivity index (χ2n) is 2.89. The van der Waals surface area contributed by atoms with Crippen molar-refractivity contribution < 1.29 is 9.59 Å². The van der Waals surface area contributed by atoms with Gasteiger partial charge in [-0.25, -0.2) is 4.79 Å². The van der Waals surface area contributed by atoms with Crippen LogP contribution in [0.25, 0.3) is 0 Å². The summed E-state index contributed by atoms with van der Waals surface area (Å²) in [7, 11) is 1.74. The van der Waals surface area contributed by atoms with Crippen LogP contribution in [-0.4, -0.2) is 31.4 Å². The number of carbonyl (C=O) groups excluding carboxylic acids is 2. The molecule has 0 rings (SSSR count). The topological polar surface area (TPSA) is 84.2 Å². The van der Waals surface area contributed by atoms with Crippen molar-refractivity contribution in [1.29, 1.82) is 0 Å². The fourth-order valence-electron chi connectivity index (χ4n) is 1.07. The zero-order valence-corrected chi connectivity index (χ0v) is 8.09. The van der Waals surface area contributed by atoms with Crippen LogP contribution in [0.15, 0.2) is 0 Å². The van der Waals surface area contributed by atoms with Gasteiger partial charge in [0.2, 0.25) is 0 Å². The number of likely N-dealkylation sites (N-methyl/N-ethyl adjacent to an activating group) is 1. The van der Waals surface area contributed by atoms with Gasteiger partial charge >= 0.3 is 6.03 Å². The van der Waals surface area contributed by atoms with Gasteiger partial charge in [0.1, 0.15) is 5.78 Å². The minimum atomic E-state index is -0.524. The second-order valence-corrected chi connectivity index (χ2v) is 2.89. The van der Waals surface area contributed by atoms with Gasteiger partial charge in [0, 0.05) is 6.54 Å². The number of hydrogen-bond donors (Lipinski definition) is 3. The summed E-state index contributed by atoms with van der Waals surface area (Å²) in [5.74, 6) is 0.113. The molecule has 1 unspecified atom stereocenters. The molecule has 5 nitrogen and oxygen atoms in total. The lowest BCUT2D eigenvalue weighted by Crippen LogP contribution is -2.34. The van der Waals surface area contributed by atoms with E-state index in [0.29, 0.717) is 13.0 Å². The van der Waals surface area contributed by atoms with E-state index in [0.717, 1.165) is 6.42 Å². The van der Waals surface area contributed by atoms with E-state index in [4.69, 9.17) is 5.73 Å². The van der Waals surface area contributed by atoms with Crippen molar-refractivity contribution in [2.45, 2.75) is 25.8 Å². The van der Waals surface area contributed by atoms with E-state index in [1.165, 1.54) is 0 Å². The van der Waals surface area contributed by atoms with Crippen LogP contribution >= 0.6 is 0 Å². The van der Waals surface area contributed by atoms with Crippen LogP contribution in [0, 0.1) is 0 Å². The molecule has 0 aliphatic rings. The van der Waals surface area contributed by atoms with Crippen molar-refractivity contribution in [3.05, 3.63) is 0 Å². The zero-order chi connectivity index (χ0) is 10.3. The van der Waals surface area contributed by atoms with E-state index >= 15 is 0 Å². The maximum Gasteiger partial charge on any atom is 0.312 e. The van der Waals surface area contributed by atoms with E-state index < -0.39 is 6.03 Å². The lowest BCUT2D eigenvalue weighted by atomic mass is 10.1. The number of nitrogens with one attached hydrogen (secondary N) is 2. The average molecular weight is 187 g/mol. The van der Waals surface area contributed by atoms with Gasteiger partial charge in [0.15, 0.2) is 0 Å². The van der Waals surface area contributed by atoms with Gasteiger partial charge in [-0.2, -0.15) is 0 Å². The molecule has 0 bridgehead atoms. The SMILES string of the molecule is CNC(CCCNC(N)=O)C(C)=O. The van der Waals surface area contributed by atoms with Gasteiger partial charge in [-0.1, -0.05) is 0 Å². The molecular formula is C8H17N3O2. The quantitative estimate of drug-likeness (QED) is 0.495. The lowest BCUT2D eigenvalue weighted by molar-refractivity contribution is -0.119. The molecule has 0 aromatic heterocycles. The van der Waals surface area contributed by atoms with Crippen LogP contribution < -0.4 is 16.4 Å². The first-order valence-corrected chi connectivity index (χ1v) is 4.29. The molecule has 0 aliphatic carbocycles. The molecule has 5 heteroatoms. The largest absolute Gasteiger partial charge is 0.352 e. The van der Waals surface area contributed by atoms with E-state index in [1.807, 2.05) is 0 Å². The third kappa shape index (κ3) is 6.10. The predicted molar refractivity (Wildman–Crippen MR) is 50.3 cm³/mol. The van der Waals surface area contributed by atoms with Gasteiger partial charge in [0.25, 0.3) is 0 Å². The van der Waals surface area contributed by atoms with E-state index in [9.17, 15) is 9.59 Å². The molecule has 0 heterocycles. The Bertz CT molecular complexity index is 182. The molecule has 0 aromatic carbocycles. The number of amides is 2. The highest BCUT2D eigenvalue weighted by Gasteiger charge is 2.09. The van der Waals surface area contributed by atoms with Crippen LogP contribution in [-0.2, 0) is 4.79 Å². The summed E-state index contributed by atoms with van der Waals surface area (Å²) in [6, 6.07) is -0.640. The minimum absolute atomic E-state index is 0.113. The Labute approximate surface area is 78.1 Å². The Morgan fingerprint density at radius 2 is 2.08 bits per heavy atom. The van der Waals surface area contributed by atoms with E-state index in [2.05, 4.69) is 10.6 Å². The molecule has 13 heavy (non-hydrogen) atoms. The molecule has 0 radical (unpaired) electrons. The van der Waals surface area contributed by atoms with Crippen LogP contribution in [0.1, 0.15) is 19.8 Å². The van der Waals surface area contributed by atoms with E-state index in [1.54, 1.807) is 14.0 Å². The van der Waals surface area contributed by atoms with Crippen molar-refractivity contribution >= 4 is 11.8 Å². The summed E-state index contributed by atoms with van der Waals surface area (Å²) in [5.41, 5.74) is 4.87. The zero-order valence-electron chi connectivity index (χ0n) is 8.09. The van der Waals surface area contributed by atoms with Gasteiger partial charge in [-0.3, -0.25) is 4.79 Å². The number of urea groups is 1. The number of Topliss-reactive ketones (excluding diaryl/α,β-unsaturated/α-hetero) is 1. The number of hydrogen-bond acceptors (Lipinski definition) is 3. The Morgan fingerprint density at radius 1 is 1.46 bits per heavy atom. The van der Waals surface area contributed by atoms with E-state index in [-0.39, 0.29) is 11.8 Å². The van der Waals surface area contributed by atoms with Crippen LogP contribution in [0.2, 0.25) is 0 Å². The number of nitrogens with two attached hydrogens (primary N) is 1. The summed E-state index contributed by atoms with van der Waals surface area (Å²) in [4.78, 5) is 21.2. The van der Waals surface area contributed by atoms with Crippen molar-refractivity contribution in [3.63, 3.8) is 0 Å². The van der Waals surface area contributed by atoms with Gasteiger partial charge in [-0.05, 0) is 26.8 Å². The number of ketones is 1. The fourth-order valence-corrected chi connectivity index (χ4v) is 1.07. The first kappa shape index (κ1) is 11.9. The lowest BCUT2D eigenvalue weighted by Gasteiger charge is -2.11. The monoisotopic (exact) mass is 187 g/mol. The van der Waals surface area contributed by atoms with Crippen LogP contribution in [0.3, 0.4) is 0 Å². The van der Waals surface area contributed by atoms with Crippen LogP contribution in [0.4, 0.5) is 4.79 Å². The molecule has 0 aromatic rings. The average Bonchev–Trinajstić information content (AvgIpc) is 2.03. The smallest absolute Gasteiger partial charge is 0.312 e. The fraction of sp³-hybridized carbons (Fsp3) is 0.750. The first-order chi connectivity index (χ1) is 6.07. The third-order valence-electron chi connectivity index (χ3n) is 1.81. The first-order valence-electron chi connectivity index (χ1n) is 4.29. The summed E-state index contributed by atoms with van der Waals surface area (Å²) in [6.07, 6.45) is 1.46. The molecule has 0 spiro atoms. The van der Waals surface area contributed by atoms with Crippen molar-refractivity contribution in [2.24, 2.45) is 5.73 Å². The molecule has 2 amide bonds. The van der Waals surface area contributed by atoms with Crippen LogP contribution in [0.5, 0.6) is 0 Å². The third-order valence-corrected chi connectivity index (χ3v) is 1.81. The molecule has 0 aliphatic heterocycles. The Hall–Kier alpha value is -1.10. The minimum Gasteiger partial charge on any atom is -0.352 e. The van der Waals surface area contributed by atoms with Crippen molar-refractivity contribution in [3.8, 4) is 0 Å². The Morgan fingerprint density at radius 3 is 2.46 bits per heavy atom. The highest BCUT2D eigenvalue weighted by atomic mass is 16.2.